The molecule has 0 unspecified atom stereocenters. The normalized spacial score (nSPS) is 9.78. The van der Waals surface area contributed by atoms with Crippen LogP contribution in [0.4, 0.5) is 15.8 Å². The van der Waals surface area contributed by atoms with Crippen molar-refractivity contribution in [3.05, 3.63) is 53.8 Å². The highest BCUT2D eigenvalue weighted by molar-refractivity contribution is 5.95. The van der Waals surface area contributed by atoms with Crippen molar-refractivity contribution in [2.75, 3.05) is 23.8 Å². The van der Waals surface area contributed by atoms with Gasteiger partial charge in [-0.1, -0.05) is 0 Å². The quantitative estimate of drug-likeness (QED) is 0.859. The Balaban J connectivity index is 1.95. The number of nitrogens with zero attached hydrogens (tertiary/aromatic N) is 1. The molecule has 1 amide bonds. The van der Waals surface area contributed by atoms with Gasteiger partial charge in [0.15, 0.2) is 0 Å². The monoisotopic (exact) mass is 313 g/mol. The maximum Gasteiger partial charge on any atom is 0.243 e. The van der Waals surface area contributed by atoms with Crippen LogP contribution in [0.1, 0.15) is 12.5 Å². The van der Waals surface area contributed by atoms with Gasteiger partial charge in [-0.05, 0) is 43.3 Å². The Labute approximate surface area is 133 Å². The summed E-state index contributed by atoms with van der Waals surface area (Å²) in [7, 11) is 0. The van der Waals surface area contributed by atoms with Gasteiger partial charge in [0.05, 0.1) is 30.5 Å². The van der Waals surface area contributed by atoms with E-state index in [0.29, 0.717) is 23.6 Å². The van der Waals surface area contributed by atoms with Crippen molar-refractivity contribution in [1.82, 2.24) is 0 Å². The third kappa shape index (κ3) is 4.71. The summed E-state index contributed by atoms with van der Waals surface area (Å²) in [6, 6.07) is 12.7. The minimum Gasteiger partial charge on any atom is -0.492 e. The summed E-state index contributed by atoms with van der Waals surface area (Å²) in [4.78, 5) is 12.0. The lowest BCUT2D eigenvalue weighted by atomic mass is 10.2. The van der Waals surface area contributed by atoms with E-state index in [1.165, 1.54) is 18.2 Å². The van der Waals surface area contributed by atoms with Gasteiger partial charge in [-0.2, -0.15) is 5.26 Å². The first-order valence-corrected chi connectivity index (χ1v) is 7.08. The number of benzene rings is 2. The zero-order valence-electron chi connectivity index (χ0n) is 12.6. The minimum absolute atomic E-state index is 0.0365. The maximum absolute atomic E-state index is 13.2. The van der Waals surface area contributed by atoms with Crippen LogP contribution in [-0.2, 0) is 4.79 Å². The van der Waals surface area contributed by atoms with Gasteiger partial charge in [0.2, 0.25) is 5.91 Å². The highest BCUT2D eigenvalue weighted by Crippen LogP contribution is 2.25. The summed E-state index contributed by atoms with van der Waals surface area (Å²) >= 11 is 0. The second-order valence-corrected chi connectivity index (χ2v) is 4.66. The molecule has 0 radical (unpaired) electrons. The minimum atomic E-state index is -0.429. The lowest BCUT2D eigenvalue weighted by molar-refractivity contribution is -0.114. The molecule has 2 aromatic carbocycles. The standard InChI is InChI=1S/C17H16FN3O2/c1-2-23-16-9-13(18)5-8-15(16)21-17(22)11-20-14-6-3-12(10-19)4-7-14/h3-9,20H,2,11H2,1H3,(H,21,22). The van der Waals surface area contributed by atoms with Crippen LogP contribution in [0.5, 0.6) is 5.75 Å². The van der Waals surface area contributed by atoms with Crippen molar-refractivity contribution in [3.8, 4) is 11.8 Å². The number of nitrogens with one attached hydrogen (secondary N) is 2. The highest BCUT2D eigenvalue weighted by Gasteiger charge is 2.09. The van der Waals surface area contributed by atoms with E-state index in [1.807, 2.05) is 6.07 Å². The van der Waals surface area contributed by atoms with Gasteiger partial charge >= 0.3 is 0 Å². The predicted molar refractivity (Wildman–Crippen MR) is 85.8 cm³/mol. The average Bonchev–Trinajstić information content (AvgIpc) is 2.56. The van der Waals surface area contributed by atoms with Crippen molar-refractivity contribution >= 4 is 17.3 Å². The molecular formula is C17H16FN3O2. The molecule has 0 saturated carbocycles. The molecule has 118 valence electrons. The Morgan fingerprint density at radius 2 is 2.00 bits per heavy atom. The smallest absolute Gasteiger partial charge is 0.243 e. The molecule has 23 heavy (non-hydrogen) atoms. The van der Waals surface area contributed by atoms with Crippen molar-refractivity contribution in [1.29, 1.82) is 5.26 Å². The van der Waals surface area contributed by atoms with Gasteiger partial charge in [0.1, 0.15) is 11.6 Å². The fraction of sp³-hybridized carbons (Fsp3) is 0.176. The number of amides is 1. The second kappa shape index (κ2) is 7.80. The zero-order chi connectivity index (χ0) is 16.7. The lowest BCUT2D eigenvalue weighted by Crippen LogP contribution is -2.22. The highest BCUT2D eigenvalue weighted by atomic mass is 19.1. The third-order valence-electron chi connectivity index (χ3n) is 2.98. The molecule has 0 atom stereocenters. The average molecular weight is 313 g/mol. The molecule has 2 rings (SSSR count). The van der Waals surface area contributed by atoms with Gasteiger partial charge in [0, 0.05) is 11.8 Å². The summed E-state index contributed by atoms with van der Waals surface area (Å²) in [6.07, 6.45) is 0. The molecule has 0 bridgehead atoms. The van der Waals surface area contributed by atoms with Crippen molar-refractivity contribution in [2.24, 2.45) is 0 Å². The molecule has 0 aliphatic heterocycles. The molecule has 0 heterocycles. The molecule has 0 spiro atoms. The van der Waals surface area contributed by atoms with Crippen LogP contribution in [0.25, 0.3) is 0 Å². The third-order valence-corrected chi connectivity index (χ3v) is 2.98. The van der Waals surface area contributed by atoms with E-state index in [4.69, 9.17) is 10.00 Å². The molecular weight excluding hydrogens is 297 g/mol. The molecule has 0 fully saturated rings. The zero-order valence-corrected chi connectivity index (χ0v) is 12.6. The van der Waals surface area contributed by atoms with E-state index < -0.39 is 5.82 Å². The van der Waals surface area contributed by atoms with Gasteiger partial charge in [0.25, 0.3) is 0 Å². The topological polar surface area (TPSA) is 74.2 Å². The number of anilines is 2. The number of carbonyl (C=O) groups excluding carboxylic acids is 1. The Morgan fingerprint density at radius 3 is 2.65 bits per heavy atom. The van der Waals surface area contributed by atoms with Crippen molar-refractivity contribution in [3.63, 3.8) is 0 Å². The van der Waals surface area contributed by atoms with E-state index in [1.54, 1.807) is 31.2 Å². The molecule has 0 aliphatic rings. The van der Waals surface area contributed by atoms with Crippen LogP contribution in [0, 0.1) is 17.1 Å². The summed E-state index contributed by atoms with van der Waals surface area (Å²) in [5.41, 5.74) is 1.69. The van der Waals surface area contributed by atoms with E-state index >= 15 is 0 Å². The number of nitriles is 1. The van der Waals surface area contributed by atoms with Crippen LogP contribution in [-0.4, -0.2) is 19.1 Å². The van der Waals surface area contributed by atoms with E-state index in [2.05, 4.69) is 10.6 Å². The van der Waals surface area contributed by atoms with Crippen molar-refractivity contribution in [2.45, 2.75) is 6.92 Å². The summed E-state index contributed by atoms with van der Waals surface area (Å²) in [5.74, 6) is -0.427. The first-order valence-electron chi connectivity index (χ1n) is 7.08. The Morgan fingerprint density at radius 1 is 1.26 bits per heavy atom. The Kier molecular flexibility index (Phi) is 5.53. The lowest BCUT2D eigenvalue weighted by Gasteiger charge is -2.12. The molecule has 0 aliphatic carbocycles. The van der Waals surface area contributed by atoms with E-state index in [9.17, 15) is 9.18 Å². The summed E-state index contributed by atoms with van der Waals surface area (Å²) < 4.78 is 18.5. The first kappa shape index (κ1) is 16.3. The molecule has 0 saturated heterocycles. The molecule has 6 heteroatoms. The van der Waals surface area contributed by atoms with Gasteiger partial charge in [-0.25, -0.2) is 4.39 Å². The number of carbonyl (C=O) groups is 1. The Hall–Kier alpha value is -3.07. The first-order chi connectivity index (χ1) is 11.1. The Bertz CT molecular complexity index is 724. The fourth-order valence-electron chi connectivity index (χ4n) is 1.91. The number of rotatable bonds is 6. The van der Waals surface area contributed by atoms with Crippen LogP contribution in [0.3, 0.4) is 0 Å². The SMILES string of the molecule is CCOc1cc(F)ccc1NC(=O)CNc1ccc(C#N)cc1. The molecule has 2 aromatic rings. The largest absolute Gasteiger partial charge is 0.492 e. The molecule has 5 nitrogen and oxygen atoms in total. The van der Waals surface area contributed by atoms with Gasteiger partial charge in [-0.3, -0.25) is 4.79 Å². The van der Waals surface area contributed by atoms with Crippen LogP contribution >= 0.6 is 0 Å². The number of hydrogen-bond donors (Lipinski definition) is 2. The number of halogens is 1. The summed E-state index contributed by atoms with van der Waals surface area (Å²) in [5, 5.41) is 14.3. The second-order valence-electron chi connectivity index (χ2n) is 4.66. The van der Waals surface area contributed by atoms with Gasteiger partial charge in [-0.15, -0.1) is 0 Å². The van der Waals surface area contributed by atoms with E-state index in [0.717, 1.165) is 5.69 Å². The number of hydrogen-bond acceptors (Lipinski definition) is 4. The predicted octanol–water partition coefficient (Wildman–Crippen LogP) is 3.15. The summed E-state index contributed by atoms with van der Waals surface area (Å²) in [6.45, 7) is 2.19. The number of ether oxygens (including phenoxy) is 1. The molecule has 2 N–H and O–H groups in total. The van der Waals surface area contributed by atoms with Crippen molar-refractivity contribution < 1.29 is 13.9 Å². The fourth-order valence-corrected chi connectivity index (χ4v) is 1.91. The van der Waals surface area contributed by atoms with Crippen LogP contribution in [0.2, 0.25) is 0 Å². The van der Waals surface area contributed by atoms with E-state index in [-0.39, 0.29) is 12.5 Å². The van der Waals surface area contributed by atoms with Crippen LogP contribution < -0.4 is 15.4 Å². The van der Waals surface area contributed by atoms with Crippen LogP contribution in [0.15, 0.2) is 42.5 Å². The molecule has 0 aromatic heterocycles. The maximum atomic E-state index is 13.2. The van der Waals surface area contributed by atoms with Gasteiger partial charge < -0.3 is 15.4 Å².